The van der Waals surface area contributed by atoms with Crippen LogP contribution >= 0.6 is 0 Å². The number of nitrogens with zero attached hydrogens (tertiary/aromatic N) is 3. The Labute approximate surface area is 82.9 Å². The Morgan fingerprint density at radius 1 is 1.79 bits per heavy atom. The second-order valence-corrected chi connectivity index (χ2v) is 4.23. The molecule has 3 N–H and O–H groups in total. The second-order valence-electron chi connectivity index (χ2n) is 4.23. The largest absolute Gasteiger partial charge is 0.389 e. The standard InChI is InChI=1S/C9H16N4O/c1-13-11-6-8(12-13)5-9(14)3-2-7(10)4-9/h6-7,14H,2-5,10H2,1H3. The first-order valence-electron chi connectivity index (χ1n) is 4.91. The van der Waals surface area contributed by atoms with E-state index in [-0.39, 0.29) is 6.04 Å². The van der Waals surface area contributed by atoms with E-state index < -0.39 is 5.60 Å². The molecule has 0 bridgehead atoms. The van der Waals surface area contributed by atoms with E-state index in [9.17, 15) is 5.11 Å². The number of nitrogens with two attached hydrogens (primary N) is 1. The Balaban J connectivity index is 2.03. The van der Waals surface area contributed by atoms with E-state index in [4.69, 9.17) is 5.73 Å². The second kappa shape index (κ2) is 3.33. The van der Waals surface area contributed by atoms with Gasteiger partial charge in [-0.3, -0.25) is 0 Å². The van der Waals surface area contributed by atoms with Gasteiger partial charge < -0.3 is 10.8 Å². The minimum Gasteiger partial charge on any atom is -0.389 e. The number of rotatable bonds is 2. The molecule has 2 atom stereocenters. The lowest BCUT2D eigenvalue weighted by Crippen LogP contribution is -2.30. The first kappa shape index (κ1) is 9.61. The Kier molecular flexibility index (Phi) is 2.28. The van der Waals surface area contributed by atoms with Crippen LogP contribution in [0.15, 0.2) is 6.20 Å². The molecule has 0 amide bonds. The van der Waals surface area contributed by atoms with Crippen LogP contribution in [0.5, 0.6) is 0 Å². The van der Waals surface area contributed by atoms with Gasteiger partial charge >= 0.3 is 0 Å². The maximum Gasteiger partial charge on any atom is 0.0855 e. The molecular weight excluding hydrogens is 180 g/mol. The number of hydrogen-bond acceptors (Lipinski definition) is 4. The fourth-order valence-corrected chi connectivity index (χ4v) is 2.11. The molecule has 1 saturated carbocycles. The topological polar surface area (TPSA) is 77.0 Å². The molecule has 5 nitrogen and oxygen atoms in total. The fraction of sp³-hybridized carbons (Fsp3) is 0.778. The number of hydrogen-bond donors (Lipinski definition) is 2. The lowest BCUT2D eigenvalue weighted by molar-refractivity contribution is 0.0458. The molecule has 1 aromatic heterocycles. The highest BCUT2D eigenvalue weighted by molar-refractivity contribution is 5.03. The van der Waals surface area contributed by atoms with E-state index in [1.807, 2.05) is 0 Å². The zero-order valence-corrected chi connectivity index (χ0v) is 8.35. The average Bonchev–Trinajstić information content (AvgIpc) is 2.60. The number of aryl methyl sites for hydroxylation is 1. The average molecular weight is 196 g/mol. The van der Waals surface area contributed by atoms with Crippen molar-refractivity contribution in [3.05, 3.63) is 11.9 Å². The zero-order valence-electron chi connectivity index (χ0n) is 8.35. The monoisotopic (exact) mass is 196 g/mol. The number of aliphatic hydroxyl groups is 1. The molecule has 0 aromatic carbocycles. The highest BCUT2D eigenvalue weighted by atomic mass is 16.3. The van der Waals surface area contributed by atoms with E-state index in [1.165, 1.54) is 4.80 Å². The Bertz CT molecular complexity index is 324. The van der Waals surface area contributed by atoms with Gasteiger partial charge in [-0.2, -0.15) is 15.0 Å². The summed E-state index contributed by atoms with van der Waals surface area (Å²) in [6.45, 7) is 0. The first-order chi connectivity index (χ1) is 6.57. The van der Waals surface area contributed by atoms with Gasteiger partial charge in [-0.05, 0) is 19.3 Å². The summed E-state index contributed by atoms with van der Waals surface area (Å²) in [7, 11) is 1.77. The smallest absolute Gasteiger partial charge is 0.0855 e. The fourth-order valence-electron chi connectivity index (χ4n) is 2.11. The van der Waals surface area contributed by atoms with Crippen molar-refractivity contribution in [3.63, 3.8) is 0 Å². The van der Waals surface area contributed by atoms with Gasteiger partial charge in [0.05, 0.1) is 17.5 Å². The van der Waals surface area contributed by atoms with Crippen molar-refractivity contribution >= 4 is 0 Å². The first-order valence-corrected chi connectivity index (χ1v) is 4.91. The minimum atomic E-state index is -0.657. The molecule has 5 heteroatoms. The maximum atomic E-state index is 10.2. The van der Waals surface area contributed by atoms with Crippen molar-refractivity contribution in [2.75, 3.05) is 0 Å². The summed E-state index contributed by atoms with van der Waals surface area (Å²) in [4.78, 5) is 1.51. The van der Waals surface area contributed by atoms with Gasteiger partial charge in [-0.1, -0.05) is 0 Å². The van der Waals surface area contributed by atoms with Crippen molar-refractivity contribution in [1.82, 2.24) is 15.0 Å². The molecule has 14 heavy (non-hydrogen) atoms. The molecule has 0 spiro atoms. The zero-order chi connectivity index (χ0) is 10.2. The van der Waals surface area contributed by atoms with Gasteiger partial charge in [0.2, 0.25) is 0 Å². The van der Waals surface area contributed by atoms with Gasteiger partial charge in [0.1, 0.15) is 0 Å². The summed E-state index contributed by atoms with van der Waals surface area (Å²) in [5.74, 6) is 0. The molecule has 1 heterocycles. The van der Waals surface area contributed by atoms with Crippen LogP contribution in [0.2, 0.25) is 0 Å². The molecule has 2 unspecified atom stereocenters. The predicted octanol–water partition coefficient (Wildman–Crippen LogP) is -0.400. The summed E-state index contributed by atoms with van der Waals surface area (Å²) >= 11 is 0. The molecule has 1 aliphatic carbocycles. The third kappa shape index (κ3) is 1.93. The Hall–Kier alpha value is -0.940. The van der Waals surface area contributed by atoms with Crippen LogP contribution in [0.3, 0.4) is 0 Å². The molecule has 0 aliphatic heterocycles. The van der Waals surface area contributed by atoms with Gasteiger partial charge in [0.25, 0.3) is 0 Å². The summed E-state index contributed by atoms with van der Waals surface area (Å²) in [5.41, 5.74) is 5.95. The van der Waals surface area contributed by atoms with Crippen LogP contribution in [0.25, 0.3) is 0 Å². The summed E-state index contributed by atoms with van der Waals surface area (Å²) in [6, 6.07) is 0.136. The molecule has 0 radical (unpaired) electrons. The summed E-state index contributed by atoms with van der Waals surface area (Å²) in [6.07, 6.45) is 4.60. The molecule has 78 valence electrons. The van der Waals surface area contributed by atoms with Crippen molar-refractivity contribution in [1.29, 1.82) is 0 Å². The van der Waals surface area contributed by atoms with Crippen molar-refractivity contribution < 1.29 is 5.11 Å². The van der Waals surface area contributed by atoms with E-state index >= 15 is 0 Å². The van der Waals surface area contributed by atoms with Gasteiger partial charge in [-0.25, -0.2) is 0 Å². The predicted molar refractivity (Wildman–Crippen MR) is 51.5 cm³/mol. The lowest BCUT2D eigenvalue weighted by atomic mass is 9.96. The van der Waals surface area contributed by atoms with Crippen LogP contribution in [0, 0.1) is 0 Å². The normalized spacial score (nSPS) is 32.4. The van der Waals surface area contributed by atoms with Crippen LogP contribution in [-0.4, -0.2) is 31.7 Å². The third-order valence-electron chi connectivity index (χ3n) is 2.78. The van der Waals surface area contributed by atoms with E-state index in [2.05, 4.69) is 10.2 Å². The molecule has 1 aromatic rings. The molecule has 1 fully saturated rings. The Morgan fingerprint density at radius 3 is 3.07 bits per heavy atom. The van der Waals surface area contributed by atoms with Crippen molar-refractivity contribution in [2.24, 2.45) is 12.8 Å². The van der Waals surface area contributed by atoms with Crippen LogP contribution < -0.4 is 5.73 Å². The Morgan fingerprint density at radius 2 is 2.57 bits per heavy atom. The van der Waals surface area contributed by atoms with Crippen molar-refractivity contribution in [3.8, 4) is 0 Å². The SMILES string of the molecule is Cn1ncc(CC2(O)CCC(N)C2)n1. The van der Waals surface area contributed by atoms with E-state index in [1.54, 1.807) is 13.2 Å². The third-order valence-corrected chi connectivity index (χ3v) is 2.78. The van der Waals surface area contributed by atoms with Crippen molar-refractivity contribution in [2.45, 2.75) is 37.3 Å². The molecule has 2 rings (SSSR count). The summed E-state index contributed by atoms with van der Waals surface area (Å²) < 4.78 is 0. The van der Waals surface area contributed by atoms with Gasteiger partial charge in [0, 0.05) is 19.5 Å². The maximum absolute atomic E-state index is 10.2. The van der Waals surface area contributed by atoms with E-state index in [0.717, 1.165) is 18.5 Å². The highest BCUT2D eigenvalue weighted by Crippen LogP contribution is 2.31. The number of aromatic nitrogens is 3. The van der Waals surface area contributed by atoms with Gasteiger partial charge in [0.15, 0.2) is 0 Å². The van der Waals surface area contributed by atoms with Gasteiger partial charge in [-0.15, -0.1) is 0 Å². The van der Waals surface area contributed by atoms with E-state index in [0.29, 0.717) is 12.8 Å². The molecular formula is C9H16N4O. The minimum absolute atomic E-state index is 0.136. The highest BCUT2D eigenvalue weighted by Gasteiger charge is 2.36. The van der Waals surface area contributed by atoms with Crippen LogP contribution in [0.1, 0.15) is 25.0 Å². The molecule has 0 saturated heterocycles. The quantitative estimate of drug-likeness (QED) is 0.674. The molecule has 1 aliphatic rings. The van der Waals surface area contributed by atoms with Crippen LogP contribution in [-0.2, 0) is 13.5 Å². The summed E-state index contributed by atoms with van der Waals surface area (Å²) in [5, 5.41) is 18.3. The lowest BCUT2D eigenvalue weighted by Gasteiger charge is -2.20. The van der Waals surface area contributed by atoms with Crippen LogP contribution in [0.4, 0.5) is 0 Å².